The maximum atomic E-state index is 13.5. The van der Waals surface area contributed by atoms with E-state index in [1.165, 1.54) is 21.7 Å². The fourth-order valence-electron chi connectivity index (χ4n) is 5.43. The second-order valence-electron chi connectivity index (χ2n) is 9.74. The van der Waals surface area contributed by atoms with Gasteiger partial charge >= 0.3 is 6.18 Å². The quantitative estimate of drug-likeness (QED) is 0.434. The molecule has 4 heterocycles. The zero-order valence-electron chi connectivity index (χ0n) is 20.0. The van der Waals surface area contributed by atoms with Crippen LogP contribution in [0.5, 0.6) is 0 Å². The van der Waals surface area contributed by atoms with E-state index in [4.69, 9.17) is 11.6 Å². The minimum atomic E-state index is -4.54. The number of amides is 2. The van der Waals surface area contributed by atoms with E-state index in [0.29, 0.717) is 46.5 Å². The van der Waals surface area contributed by atoms with Crippen molar-refractivity contribution in [2.75, 3.05) is 26.2 Å². The van der Waals surface area contributed by atoms with Gasteiger partial charge < -0.3 is 5.32 Å². The highest BCUT2D eigenvalue weighted by Crippen LogP contribution is 2.35. The van der Waals surface area contributed by atoms with Gasteiger partial charge in [0.1, 0.15) is 0 Å². The molecule has 7 nitrogen and oxygen atoms in total. The fraction of sp³-hybridized carbons (Fsp3) is 0.346. The van der Waals surface area contributed by atoms with Crippen molar-refractivity contribution < 1.29 is 22.8 Å². The molecule has 1 N–H and O–H groups in total. The Bertz CT molecular complexity index is 1470. The SMILES string of the molecule is O=C1S/C(=C\c2ccc3c(cnn3Cc3ccc(Cl)cc3C(F)(F)F)c2)C(=O)N1CCN1CC2CC1CN2. The average molecular weight is 562 g/mol. The molecular weight excluding hydrogens is 539 g/mol. The average Bonchev–Trinajstić information content (AvgIpc) is 3.64. The number of carbonyl (C=O) groups excluding carboxylic acids is 2. The van der Waals surface area contributed by atoms with E-state index < -0.39 is 11.7 Å². The predicted molar refractivity (Wildman–Crippen MR) is 140 cm³/mol. The molecule has 3 aromatic rings. The van der Waals surface area contributed by atoms with Crippen molar-refractivity contribution in [2.24, 2.45) is 0 Å². The standard InChI is InChI=1S/C26H23ClF3N5O2S/c27-18-3-2-16(21(9-18)26(28,29)30)13-35-22-4-1-15(7-17(22)11-32-35)8-23-24(36)34(25(37)38-23)6-5-33-14-19-10-20(33)12-31-19/h1-4,7-9,11,19-20,31H,5-6,10,12-14H2/b23-8-. The molecule has 3 fully saturated rings. The van der Waals surface area contributed by atoms with E-state index in [-0.39, 0.29) is 28.3 Å². The lowest BCUT2D eigenvalue weighted by molar-refractivity contribution is -0.138. The van der Waals surface area contributed by atoms with Crippen molar-refractivity contribution in [1.29, 1.82) is 0 Å². The molecule has 6 rings (SSSR count). The number of rotatable bonds is 6. The molecule has 2 atom stereocenters. The van der Waals surface area contributed by atoms with Crippen LogP contribution in [0.4, 0.5) is 18.0 Å². The number of aromatic nitrogens is 2. The first-order valence-corrected chi connectivity index (χ1v) is 13.4. The third kappa shape index (κ3) is 4.84. The molecule has 1 aromatic heterocycles. The summed E-state index contributed by atoms with van der Waals surface area (Å²) in [6.07, 6.45) is -0.181. The molecule has 0 aliphatic carbocycles. The van der Waals surface area contributed by atoms with Crippen molar-refractivity contribution in [3.63, 3.8) is 0 Å². The Labute approximate surface area is 225 Å². The lowest BCUT2D eigenvalue weighted by Gasteiger charge is -2.28. The van der Waals surface area contributed by atoms with E-state index in [0.717, 1.165) is 37.3 Å². The summed E-state index contributed by atoms with van der Waals surface area (Å²) in [6, 6.07) is 9.99. The van der Waals surface area contributed by atoms with Gasteiger partial charge in [0.2, 0.25) is 0 Å². The zero-order chi connectivity index (χ0) is 26.6. The van der Waals surface area contributed by atoms with E-state index in [9.17, 15) is 22.8 Å². The summed E-state index contributed by atoms with van der Waals surface area (Å²) < 4.78 is 42.0. The first-order chi connectivity index (χ1) is 18.2. The van der Waals surface area contributed by atoms with Crippen LogP contribution in [0.25, 0.3) is 17.0 Å². The van der Waals surface area contributed by atoms with Gasteiger partial charge in [-0.25, -0.2) is 0 Å². The van der Waals surface area contributed by atoms with Gasteiger partial charge in [0.15, 0.2) is 0 Å². The Kier molecular flexibility index (Phi) is 6.50. The highest BCUT2D eigenvalue weighted by molar-refractivity contribution is 8.18. The van der Waals surface area contributed by atoms with Gasteiger partial charge in [-0.15, -0.1) is 0 Å². The summed E-state index contributed by atoms with van der Waals surface area (Å²) in [7, 11) is 0. The number of benzene rings is 2. The molecular formula is C26H23ClF3N5O2S. The molecule has 2 aromatic carbocycles. The topological polar surface area (TPSA) is 70.5 Å². The maximum absolute atomic E-state index is 13.5. The van der Waals surface area contributed by atoms with E-state index in [1.54, 1.807) is 30.5 Å². The maximum Gasteiger partial charge on any atom is 0.416 e. The number of likely N-dealkylation sites (tertiary alicyclic amines) is 1. The Morgan fingerprint density at radius 1 is 1.16 bits per heavy atom. The summed E-state index contributed by atoms with van der Waals surface area (Å²) in [5.41, 5.74) is 0.609. The van der Waals surface area contributed by atoms with Crippen molar-refractivity contribution in [3.8, 4) is 0 Å². The third-order valence-electron chi connectivity index (χ3n) is 7.32. The van der Waals surface area contributed by atoms with Gasteiger partial charge in [-0.3, -0.25) is 24.1 Å². The molecule has 0 radical (unpaired) electrons. The molecule has 2 amide bonds. The number of alkyl halides is 3. The van der Waals surface area contributed by atoms with E-state index >= 15 is 0 Å². The first-order valence-electron chi connectivity index (χ1n) is 12.2. The van der Waals surface area contributed by atoms with Crippen molar-refractivity contribution in [1.82, 2.24) is 24.9 Å². The van der Waals surface area contributed by atoms with Gasteiger partial charge in [-0.2, -0.15) is 18.3 Å². The number of piperazine rings is 1. The van der Waals surface area contributed by atoms with Gasteiger partial charge in [-0.05, 0) is 59.7 Å². The van der Waals surface area contributed by atoms with E-state index in [1.807, 2.05) is 0 Å². The molecule has 38 heavy (non-hydrogen) atoms. The van der Waals surface area contributed by atoms with Crippen LogP contribution in [0.15, 0.2) is 47.5 Å². The molecule has 3 saturated heterocycles. The first kappa shape index (κ1) is 25.4. The summed E-state index contributed by atoms with van der Waals surface area (Å²) in [5, 5.41) is 8.17. The molecule has 2 bridgehead atoms. The van der Waals surface area contributed by atoms with Gasteiger partial charge in [0.05, 0.1) is 28.7 Å². The fourth-order valence-corrected chi connectivity index (χ4v) is 6.46. The Hall–Kier alpha value is -2.86. The molecule has 0 spiro atoms. The normalized spacial score (nSPS) is 23.1. The van der Waals surface area contributed by atoms with Crippen LogP contribution in [-0.4, -0.2) is 69.0 Å². The smallest absolute Gasteiger partial charge is 0.311 e. The third-order valence-corrected chi connectivity index (χ3v) is 8.46. The molecule has 3 aliphatic heterocycles. The monoisotopic (exact) mass is 561 g/mol. The minimum Gasteiger partial charge on any atom is -0.311 e. The van der Waals surface area contributed by atoms with E-state index in [2.05, 4.69) is 15.3 Å². The highest BCUT2D eigenvalue weighted by Gasteiger charge is 2.40. The van der Waals surface area contributed by atoms with Gasteiger partial charge in [0.25, 0.3) is 11.1 Å². The van der Waals surface area contributed by atoms with Crippen molar-refractivity contribution >= 4 is 51.5 Å². The zero-order valence-corrected chi connectivity index (χ0v) is 21.6. The van der Waals surface area contributed by atoms with Crippen LogP contribution in [0.1, 0.15) is 23.1 Å². The number of carbonyl (C=O) groups is 2. The predicted octanol–water partition coefficient (Wildman–Crippen LogP) is 4.84. The number of imide groups is 1. The number of halogens is 4. The lowest BCUT2D eigenvalue weighted by atomic mass is 10.1. The van der Waals surface area contributed by atoms with Crippen LogP contribution >= 0.6 is 23.4 Å². The molecule has 12 heteroatoms. The number of thioether (sulfide) groups is 1. The van der Waals surface area contributed by atoms with Crippen molar-refractivity contribution in [3.05, 3.63) is 69.2 Å². The molecule has 198 valence electrons. The van der Waals surface area contributed by atoms with Crippen molar-refractivity contribution in [2.45, 2.75) is 31.2 Å². The van der Waals surface area contributed by atoms with Crippen LogP contribution < -0.4 is 5.32 Å². The summed E-state index contributed by atoms with van der Waals surface area (Å²) in [4.78, 5) is 29.5. The highest BCUT2D eigenvalue weighted by atomic mass is 35.5. The van der Waals surface area contributed by atoms with Crippen LogP contribution in [0.2, 0.25) is 5.02 Å². The Morgan fingerprint density at radius 3 is 2.74 bits per heavy atom. The minimum absolute atomic E-state index is 0.0146. The van der Waals surface area contributed by atoms with Gasteiger partial charge in [-0.1, -0.05) is 23.7 Å². The Morgan fingerprint density at radius 2 is 2.00 bits per heavy atom. The Balaban J connectivity index is 1.17. The molecule has 2 unspecified atom stereocenters. The number of nitrogens with one attached hydrogen (secondary N) is 1. The van der Waals surface area contributed by atoms with Crippen LogP contribution in [-0.2, 0) is 17.5 Å². The molecule has 0 saturated carbocycles. The van der Waals surface area contributed by atoms with Crippen LogP contribution in [0, 0.1) is 0 Å². The van der Waals surface area contributed by atoms with Crippen LogP contribution in [0.3, 0.4) is 0 Å². The molecule has 3 aliphatic rings. The number of fused-ring (bicyclic) bond motifs is 3. The second-order valence-corrected chi connectivity index (χ2v) is 11.2. The summed E-state index contributed by atoms with van der Waals surface area (Å²) in [5.74, 6) is -0.305. The second kappa shape index (κ2) is 9.71. The largest absolute Gasteiger partial charge is 0.416 e. The number of hydrogen-bond acceptors (Lipinski definition) is 6. The number of nitrogens with zero attached hydrogens (tertiary/aromatic N) is 4. The van der Waals surface area contributed by atoms with Gasteiger partial charge in [0, 0.05) is 48.7 Å². The summed E-state index contributed by atoms with van der Waals surface area (Å²) in [6.45, 7) is 2.85. The number of hydrogen-bond donors (Lipinski definition) is 1. The summed E-state index contributed by atoms with van der Waals surface area (Å²) >= 11 is 6.72. The lowest BCUT2D eigenvalue weighted by Crippen LogP contribution is -2.46.